The van der Waals surface area contributed by atoms with Crippen molar-refractivity contribution in [2.75, 3.05) is 23.7 Å². The highest BCUT2D eigenvalue weighted by Gasteiger charge is 2.42. The summed E-state index contributed by atoms with van der Waals surface area (Å²) in [4.78, 5) is 23.0. The zero-order valence-electron chi connectivity index (χ0n) is 14.6. The van der Waals surface area contributed by atoms with Crippen molar-refractivity contribution in [1.82, 2.24) is 20.2 Å². The Labute approximate surface area is 158 Å². The number of nitrogen functional groups attached to an aromatic ring is 1. The lowest BCUT2D eigenvalue weighted by Crippen LogP contribution is -2.24. The molecule has 0 radical (unpaired) electrons. The monoisotopic (exact) mass is 366 g/mol. The van der Waals surface area contributed by atoms with Crippen LogP contribution in [0.2, 0.25) is 0 Å². The minimum atomic E-state index is 0. The van der Waals surface area contributed by atoms with E-state index in [0.29, 0.717) is 42.1 Å². The van der Waals surface area contributed by atoms with E-state index in [0.717, 1.165) is 18.5 Å². The molecule has 2 aromatic heterocycles. The van der Waals surface area contributed by atoms with Gasteiger partial charge in [0, 0.05) is 33.8 Å². The molecule has 27 heavy (non-hydrogen) atoms. The van der Waals surface area contributed by atoms with Crippen LogP contribution in [0.5, 0.6) is 0 Å². The number of anilines is 2. The molecule has 1 aliphatic heterocycles. The summed E-state index contributed by atoms with van der Waals surface area (Å²) in [5.41, 5.74) is 7.20. The summed E-state index contributed by atoms with van der Waals surface area (Å²) in [6, 6.07) is 9.51. The maximum absolute atomic E-state index is 12.0. The van der Waals surface area contributed by atoms with E-state index in [4.69, 9.17) is 10.2 Å². The number of hydrogen-bond donors (Lipinski definition) is 1. The number of aromatic nitrogens is 4. The number of ketones is 1. The second-order valence-electron chi connectivity index (χ2n) is 7.02. The first-order valence-corrected chi connectivity index (χ1v) is 8.98. The summed E-state index contributed by atoms with van der Waals surface area (Å²) in [5.74, 6) is 2.43. The van der Waals surface area contributed by atoms with Crippen molar-refractivity contribution in [3.63, 3.8) is 0 Å². The molecule has 1 aromatic carbocycles. The van der Waals surface area contributed by atoms with Crippen molar-refractivity contribution >= 4 is 17.4 Å². The number of hydrogen-bond acceptors (Lipinski definition) is 8. The quantitative estimate of drug-likeness (QED) is 0.753. The van der Waals surface area contributed by atoms with Gasteiger partial charge in [0.1, 0.15) is 11.6 Å². The molecule has 8 heteroatoms. The number of Topliss-reactive ketones (excluding diaryl/α,β-unsaturated/α-hetero) is 1. The Morgan fingerprint density at radius 3 is 2.78 bits per heavy atom. The van der Waals surface area contributed by atoms with E-state index in [1.165, 1.54) is 0 Å². The van der Waals surface area contributed by atoms with Crippen LogP contribution in [0.25, 0.3) is 23.0 Å². The molecule has 2 fully saturated rings. The maximum Gasteiger partial charge on any atom is 0.270 e. The number of fused-ring (bicyclic) bond motifs is 1. The highest BCUT2D eigenvalue weighted by atomic mass is 16.4. The van der Waals surface area contributed by atoms with Gasteiger partial charge in [-0.15, -0.1) is 10.2 Å². The van der Waals surface area contributed by atoms with Gasteiger partial charge in [0.15, 0.2) is 11.5 Å². The topological polar surface area (TPSA) is 111 Å². The lowest BCUT2D eigenvalue weighted by molar-refractivity contribution is -0.120. The first-order valence-electron chi connectivity index (χ1n) is 8.98. The molecule has 1 saturated heterocycles. The van der Waals surface area contributed by atoms with Crippen molar-refractivity contribution in [2.45, 2.75) is 12.8 Å². The molecular weight excluding hydrogens is 344 g/mol. The molecule has 2 atom stereocenters. The lowest BCUT2D eigenvalue weighted by atomic mass is 10.0. The summed E-state index contributed by atoms with van der Waals surface area (Å²) < 4.78 is 5.77. The molecule has 0 amide bonds. The Balaban J connectivity index is 0.00000120. The van der Waals surface area contributed by atoms with E-state index in [2.05, 4.69) is 25.1 Å². The number of nitrogens with zero attached hydrogens (tertiary/aromatic N) is 5. The van der Waals surface area contributed by atoms with E-state index in [-0.39, 0.29) is 20.5 Å². The Morgan fingerprint density at radius 1 is 1.15 bits per heavy atom. The lowest BCUT2D eigenvalue weighted by Gasteiger charge is -2.18. The second-order valence-corrected chi connectivity index (χ2v) is 7.02. The highest BCUT2D eigenvalue weighted by Crippen LogP contribution is 2.37. The van der Waals surface area contributed by atoms with Crippen LogP contribution in [-0.2, 0) is 4.79 Å². The van der Waals surface area contributed by atoms with Crippen molar-refractivity contribution in [3.8, 4) is 23.0 Å². The predicted octanol–water partition coefficient (Wildman–Crippen LogP) is 2.68. The van der Waals surface area contributed by atoms with Gasteiger partial charge in [0.05, 0.1) is 6.20 Å². The SMILES string of the molecule is Nc1ncc(N2C[C@H]3CCC(=O)[C@@H]3C2)nc1-c1nnc(-c2ccccc2)o1.[HH].[HH]. The number of rotatable bonds is 3. The molecule has 1 aliphatic carbocycles. The van der Waals surface area contributed by atoms with Crippen molar-refractivity contribution in [3.05, 3.63) is 36.5 Å². The molecule has 0 spiro atoms. The number of benzene rings is 1. The molecular formula is C19H22N6O2. The van der Waals surface area contributed by atoms with Crippen molar-refractivity contribution in [1.29, 1.82) is 0 Å². The summed E-state index contributed by atoms with van der Waals surface area (Å²) >= 11 is 0. The van der Waals surface area contributed by atoms with Gasteiger partial charge in [0.2, 0.25) is 5.89 Å². The van der Waals surface area contributed by atoms with Crippen LogP contribution in [0, 0.1) is 11.8 Å². The number of nitrogens with two attached hydrogens (primary N) is 1. The van der Waals surface area contributed by atoms with Crippen LogP contribution >= 0.6 is 0 Å². The van der Waals surface area contributed by atoms with Gasteiger partial charge < -0.3 is 15.1 Å². The zero-order valence-corrected chi connectivity index (χ0v) is 14.6. The molecule has 8 nitrogen and oxygen atoms in total. The molecule has 140 valence electrons. The predicted molar refractivity (Wildman–Crippen MR) is 103 cm³/mol. The van der Waals surface area contributed by atoms with Crippen LogP contribution in [0.3, 0.4) is 0 Å². The van der Waals surface area contributed by atoms with Crippen LogP contribution in [0.1, 0.15) is 15.7 Å². The maximum atomic E-state index is 12.0. The first kappa shape index (κ1) is 15.9. The Kier molecular flexibility index (Phi) is 3.63. The van der Waals surface area contributed by atoms with Gasteiger partial charge >= 0.3 is 0 Å². The fourth-order valence-electron chi connectivity index (χ4n) is 3.94. The van der Waals surface area contributed by atoms with Gasteiger partial charge in [-0.3, -0.25) is 4.79 Å². The summed E-state index contributed by atoms with van der Waals surface area (Å²) in [7, 11) is 0. The summed E-state index contributed by atoms with van der Waals surface area (Å²) in [6.45, 7) is 1.49. The Morgan fingerprint density at radius 2 is 1.96 bits per heavy atom. The Bertz CT molecular complexity index is 1010. The van der Waals surface area contributed by atoms with Gasteiger partial charge in [-0.2, -0.15) is 0 Å². The molecule has 3 heterocycles. The van der Waals surface area contributed by atoms with E-state index in [1.807, 2.05) is 30.3 Å². The van der Waals surface area contributed by atoms with Gasteiger partial charge in [-0.05, 0) is 24.5 Å². The summed E-state index contributed by atoms with van der Waals surface area (Å²) in [5, 5.41) is 8.18. The van der Waals surface area contributed by atoms with Gasteiger partial charge in [-0.1, -0.05) is 18.2 Å². The number of carbonyl (C=O) groups excluding carboxylic acids is 1. The molecule has 2 N–H and O–H groups in total. The van der Waals surface area contributed by atoms with Gasteiger partial charge in [0.25, 0.3) is 5.89 Å². The molecule has 3 aromatic rings. The average Bonchev–Trinajstić information content (AvgIpc) is 3.41. The fraction of sp³-hybridized carbons (Fsp3) is 0.316. The molecule has 0 unspecified atom stereocenters. The molecule has 1 saturated carbocycles. The Hall–Kier alpha value is -3.29. The van der Waals surface area contributed by atoms with E-state index >= 15 is 0 Å². The van der Waals surface area contributed by atoms with Crippen LogP contribution < -0.4 is 10.6 Å². The highest BCUT2D eigenvalue weighted by molar-refractivity contribution is 5.85. The standard InChI is InChI=1S/C19H18N6O2.2H2/c20-17-16(19-24-23-18(27-19)11-4-2-1-3-5-11)22-15(8-21-17)25-9-12-6-7-14(26)13(12)10-25;;/h1-5,8,12-13H,6-7,9-10H2,(H2,20,21);2*1H/t12-,13-;;/m1../s1. The second kappa shape index (κ2) is 6.15. The normalized spacial score (nSPS) is 21.6. The van der Waals surface area contributed by atoms with Crippen LogP contribution in [0.4, 0.5) is 11.6 Å². The first-order chi connectivity index (χ1) is 13.2. The van der Waals surface area contributed by atoms with Crippen LogP contribution in [0.15, 0.2) is 40.9 Å². The third-order valence-corrected chi connectivity index (χ3v) is 5.38. The fourth-order valence-corrected chi connectivity index (χ4v) is 3.94. The van der Waals surface area contributed by atoms with Crippen molar-refractivity contribution < 1.29 is 12.1 Å². The minimum absolute atomic E-state index is 0. The average molecular weight is 366 g/mol. The smallest absolute Gasteiger partial charge is 0.270 e. The molecule has 0 bridgehead atoms. The zero-order chi connectivity index (χ0) is 18.4. The van der Waals surface area contributed by atoms with Gasteiger partial charge in [-0.25, -0.2) is 9.97 Å². The van der Waals surface area contributed by atoms with E-state index < -0.39 is 0 Å². The van der Waals surface area contributed by atoms with E-state index in [1.54, 1.807) is 6.20 Å². The molecule has 5 rings (SSSR count). The largest absolute Gasteiger partial charge is 0.414 e. The number of carbonyl (C=O) groups is 1. The summed E-state index contributed by atoms with van der Waals surface area (Å²) in [6.07, 6.45) is 3.30. The minimum Gasteiger partial charge on any atom is -0.414 e. The van der Waals surface area contributed by atoms with E-state index in [9.17, 15) is 4.79 Å². The molecule has 2 aliphatic rings. The third-order valence-electron chi connectivity index (χ3n) is 5.38. The van der Waals surface area contributed by atoms with Crippen molar-refractivity contribution in [2.24, 2.45) is 11.8 Å². The van der Waals surface area contributed by atoms with Crippen LogP contribution in [-0.4, -0.2) is 39.0 Å². The third kappa shape index (κ3) is 2.73.